The summed E-state index contributed by atoms with van der Waals surface area (Å²) < 4.78 is 9.71. The number of nitrogens with one attached hydrogen (secondary N) is 1. The van der Waals surface area contributed by atoms with Gasteiger partial charge >= 0.3 is 0 Å². The molecule has 1 aromatic carbocycles. The fraction of sp³-hybridized carbons (Fsp3) is 0.571. The quantitative estimate of drug-likeness (QED) is 0.814. The van der Waals surface area contributed by atoms with Crippen LogP contribution in [0.5, 0.6) is 0 Å². The molecule has 1 aromatic rings. The second-order valence-electron chi connectivity index (χ2n) is 4.26. The molecule has 3 nitrogen and oxygen atoms in total. The summed E-state index contributed by atoms with van der Waals surface area (Å²) in [6.45, 7) is 3.01. The van der Waals surface area contributed by atoms with E-state index in [0.29, 0.717) is 0 Å². The van der Waals surface area contributed by atoms with Gasteiger partial charge in [0.05, 0.1) is 0 Å². The van der Waals surface area contributed by atoms with Gasteiger partial charge in [0.25, 0.3) is 0 Å². The van der Waals surface area contributed by atoms with E-state index in [1.807, 2.05) is 7.05 Å². The van der Waals surface area contributed by atoms with Crippen molar-refractivity contribution in [3.8, 4) is 0 Å². The third kappa shape index (κ3) is 4.11. The first-order valence-electron chi connectivity index (χ1n) is 6.00. The molecule has 0 amide bonds. The van der Waals surface area contributed by atoms with Gasteiger partial charge in [-0.1, -0.05) is 31.2 Å². The Kier molecular flexibility index (Phi) is 6.19. The minimum atomic E-state index is -0.111. The first-order chi connectivity index (χ1) is 8.22. The molecular formula is C14H23NO2. The van der Waals surface area contributed by atoms with E-state index < -0.39 is 0 Å². The van der Waals surface area contributed by atoms with Crippen LogP contribution in [0, 0.1) is 0 Å². The lowest BCUT2D eigenvalue weighted by atomic mass is 9.79. The van der Waals surface area contributed by atoms with Gasteiger partial charge in [-0.05, 0) is 30.5 Å². The van der Waals surface area contributed by atoms with E-state index in [-0.39, 0.29) is 6.29 Å². The van der Waals surface area contributed by atoms with Gasteiger partial charge in [-0.2, -0.15) is 0 Å². The molecule has 1 aliphatic rings. The molecule has 2 rings (SSSR count). The summed E-state index contributed by atoms with van der Waals surface area (Å²) in [5.41, 5.74) is 3.10. The molecule has 1 N–H and O–H groups in total. The van der Waals surface area contributed by atoms with E-state index >= 15 is 0 Å². The zero-order valence-electron chi connectivity index (χ0n) is 11.2. The lowest BCUT2D eigenvalue weighted by Gasteiger charge is -2.25. The first kappa shape index (κ1) is 14.2. The van der Waals surface area contributed by atoms with Crippen molar-refractivity contribution in [1.82, 2.24) is 5.32 Å². The van der Waals surface area contributed by atoms with Gasteiger partial charge in [0, 0.05) is 20.8 Å². The molecule has 0 aromatic heterocycles. The molecule has 1 unspecified atom stereocenters. The summed E-state index contributed by atoms with van der Waals surface area (Å²) in [7, 11) is 5.09. The van der Waals surface area contributed by atoms with Gasteiger partial charge in [0.1, 0.15) is 0 Å². The van der Waals surface area contributed by atoms with E-state index in [1.54, 1.807) is 25.3 Å². The van der Waals surface area contributed by atoms with Gasteiger partial charge in [0.2, 0.25) is 0 Å². The molecule has 0 saturated heterocycles. The second kappa shape index (κ2) is 7.43. The maximum absolute atomic E-state index is 4.86. The number of hydrogen-bond donors (Lipinski definition) is 1. The predicted molar refractivity (Wildman–Crippen MR) is 70.3 cm³/mol. The molecular weight excluding hydrogens is 214 g/mol. The van der Waals surface area contributed by atoms with E-state index in [9.17, 15) is 0 Å². The largest absolute Gasteiger partial charge is 0.355 e. The molecule has 0 saturated carbocycles. The number of hydrogen-bond acceptors (Lipinski definition) is 3. The molecule has 1 aliphatic carbocycles. The number of likely N-dealkylation sites (N-methyl/N-ethyl adjacent to an activating group) is 1. The van der Waals surface area contributed by atoms with Crippen LogP contribution in [0.15, 0.2) is 24.3 Å². The van der Waals surface area contributed by atoms with Crippen LogP contribution in [0.3, 0.4) is 0 Å². The van der Waals surface area contributed by atoms with Crippen molar-refractivity contribution in [2.24, 2.45) is 0 Å². The topological polar surface area (TPSA) is 30.5 Å². The Balaban J connectivity index is 0.000000172. The Morgan fingerprint density at radius 2 is 1.94 bits per heavy atom. The minimum Gasteiger partial charge on any atom is -0.355 e. The van der Waals surface area contributed by atoms with Gasteiger partial charge < -0.3 is 14.8 Å². The van der Waals surface area contributed by atoms with E-state index in [0.717, 1.165) is 12.5 Å². The fourth-order valence-corrected chi connectivity index (χ4v) is 1.94. The van der Waals surface area contributed by atoms with Gasteiger partial charge in [0.15, 0.2) is 6.29 Å². The summed E-state index contributed by atoms with van der Waals surface area (Å²) in [5, 5.41) is 2.92. The first-order valence-corrected chi connectivity index (χ1v) is 6.00. The molecule has 0 heterocycles. The van der Waals surface area contributed by atoms with Gasteiger partial charge in [-0.3, -0.25) is 0 Å². The zero-order chi connectivity index (χ0) is 12.7. The van der Waals surface area contributed by atoms with Crippen molar-refractivity contribution in [2.75, 3.05) is 27.8 Å². The highest BCUT2D eigenvalue weighted by atomic mass is 16.7. The lowest BCUT2D eigenvalue weighted by molar-refractivity contribution is -0.0978. The molecule has 1 atom stereocenters. The van der Waals surface area contributed by atoms with Crippen molar-refractivity contribution < 1.29 is 9.47 Å². The summed E-state index contributed by atoms with van der Waals surface area (Å²) in [6, 6.07) is 8.68. The molecule has 0 bridgehead atoms. The van der Waals surface area contributed by atoms with E-state index in [2.05, 4.69) is 36.5 Å². The van der Waals surface area contributed by atoms with Crippen LogP contribution < -0.4 is 5.32 Å². The van der Waals surface area contributed by atoms with E-state index in [4.69, 9.17) is 9.47 Å². The molecule has 0 radical (unpaired) electrons. The van der Waals surface area contributed by atoms with E-state index in [1.165, 1.54) is 6.42 Å². The monoisotopic (exact) mass is 237 g/mol. The number of rotatable bonds is 4. The van der Waals surface area contributed by atoms with Crippen molar-refractivity contribution >= 4 is 0 Å². The lowest BCUT2D eigenvalue weighted by Crippen LogP contribution is -2.26. The second-order valence-corrected chi connectivity index (χ2v) is 4.26. The fourth-order valence-electron chi connectivity index (χ4n) is 1.94. The van der Waals surface area contributed by atoms with Gasteiger partial charge in [-0.15, -0.1) is 0 Å². The summed E-state index contributed by atoms with van der Waals surface area (Å²) in [5.74, 6) is 0.821. The Labute approximate surface area is 104 Å². The Morgan fingerprint density at radius 1 is 1.29 bits per heavy atom. The van der Waals surface area contributed by atoms with Crippen LogP contribution in [0.1, 0.15) is 24.0 Å². The average molecular weight is 237 g/mol. The van der Waals surface area contributed by atoms with Gasteiger partial charge in [-0.25, -0.2) is 0 Å². The predicted octanol–water partition coefficient (Wildman–Crippen LogP) is 2.17. The molecule has 96 valence electrons. The van der Waals surface area contributed by atoms with Crippen molar-refractivity contribution in [2.45, 2.75) is 25.6 Å². The SMILES string of the molecule is CC1Cc2ccccc21.CNCC(OC)OC. The summed E-state index contributed by atoms with van der Waals surface area (Å²) in [6.07, 6.45) is 1.18. The maximum atomic E-state index is 4.86. The Bertz CT molecular complexity index is 324. The van der Waals surface area contributed by atoms with Crippen LogP contribution in [-0.2, 0) is 15.9 Å². The van der Waals surface area contributed by atoms with Crippen LogP contribution in [0.2, 0.25) is 0 Å². The third-order valence-electron chi connectivity index (χ3n) is 3.01. The molecule has 0 aliphatic heterocycles. The number of benzene rings is 1. The smallest absolute Gasteiger partial charge is 0.169 e. The zero-order valence-corrected chi connectivity index (χ0v) is 11.2. The minimum absolute atomic E-state index is 0.111. The van der Waals surface area contributed by atoms with Crippen molar-refractivity contribution in [1.29, 1.82) is 0 Å². The highest BCUT2D eigenvalue weighted by Gasteiger charge is 2.19. The molecule has 3 heteroatoms. The standard InChI is InChI=1S/C9H10.C5H13NO2/c1-7-6-8-4-2-3-5-9(7)8;1-6-4-5(7-2)8-3/h2-5,7H,6H2,1H3;5-6H,4H2,1-3H3. The molecule has 17 heavy (non-hydrogen) atoms. The Hall–Kier alpha value is -0.900. The molecule has 0 spiro atoms. The highest BCUT2D eigenvalue weighted by molar-refractivity contribution is 5.38. The van der Waals surface area contributed by atoms with Crippen LogP contribution in [0.25, 0.3) is 0 Å². The maximum Gasteiger partial charge on any atom is 0.169 e. The number of ether oxygens (including phenoxy) is 2. The summed E-state index contributed by atoms with van der Waals surface area (Å²) in [4.78, 5) is 0. The number of fused-ring (bicyclic) bond motifs is 1. The van der Waals surface area contributed by atoms with Crippen LogP contribution in [-0.4, -0.2) is 34.1 Å². The normalized spacial score (nSPS) is 16.9. The van der Waals surface area contributed by atoms with Crippen LogP contribution in [0.4, 0.5) is 0 Å². The summed E-state index contributed by atoms with van der Waals surface area (Å²) >= 11 is 0. The van der Waals surface area contributed by atoms with Crippen molar-refractivity contribution in [3.63, 3.8) is 0 Å². The van der Waals surface area contributed by atoms with Crippen molar-refractivity contribution in [3.05, 3.63) is 35.4 Å². The average Bonchev–Trinajstić information content (AvgIpc) is 2.35. The number of methoxy groups -OCH3 is 2. The highest BCUT2D eigenvalue weighted by Crippen LogP contribution is 2.33. The van der Waals surface area contributed by atoms with Crippen LogP contribution >= 0.6 is 0 Å². The third-order valence-corrected chi connectivity index (χ3v) is 3.01. The Morgan fingerprint density at radius 3 is 2.29 bits per heavy atom. The molecule has 0 fully saturated rings.